The van der Waals surface area contributed by atoms with E-state index in [0.29, 0.717) is 17.9 Å². The van der Waals surface area contributed by atoms with E-state index in [1.165, 1.54) is 50.7 Å². The van der Waals surface area contributed by atoms with Crippen LogP contribution in [-0.2, 0) is 4.79 Å². The summed E-state index contributed by atoms with van der Waals surface area (Å²) in [5, 5.41) is 3.47. The van der Waals surface area contributed by atoms with Crippen molar-refractivity contribution in [3.8, 4) is 0 Å². The van der Waals surface area contributed by atoms with E-state index >= 15 is 0 Å². The normalized spacial score (nSPS) is 35.3. The van der Waals surface area contributed by atoms with Crippen LogP contribution in [0.2, 0.25) is 0 Å². The first-order chi connectivity index (χ1) is 12.8. The number of allylic oxidation sites excluding steroid dienone is 3. The average molecular weight is 373 g/mol. The monoisotopic (exact) mass is 372 g/mol. The molecule has 1 spiro atoms. The predicted octanol–water partition coefficient (Wildman–Crippen LogP) is 4.68. The molecule has 0 radical (unpaired) electrons. The highest BCUT2D eigenvalue weighted by Gasteiger charge is 2.54. The topological polar surface area (TPSA) is 41.5 Å². The van der Waals surface area contributed by atoms with Gasteiger partial charge in [0.1, 0.15) is 0 Å². The van der Waals surface area contributed by atoms with E-state index in [4.69, 9.17) is 4.99 Å². The van der Waals surface area contributed by atoms with Gasteiger partial charge in [-0.3, -0.25) is 9.79 Å². The molecule has 142 valence electrons. The molecular formula is C22H32N2OS. The third kappa shape index (κ3) is 3.67. The molecule has 2 heterocycles. The van der Waals surface area contributed by atoms with E-state index in [0.717, 1.165) is 31.6 Å². The molecule has 3 nitrogen and oxygen atoms in total. The number of amides is 1. The zero-order valence-electron chi connectivity index (χ0n) is 15.8. The van der Waals surface area contributed by atoms with Crippen molar-refractivity contribution in [3.63, 3.8) is 0 Å². The second-order valence-corrected chi connectivity index (χ2v) is 9.65. The van der Waals surface area contributed by atoms with Gasteiger partial charge in [0, 0.05) is 18.3 Å². The third-order valence-electron chi connectivity index (χ3n) is 6.66. The Morgan fingerprint density at radius 3 is 2.54 bits per heavy atom. The molecule has 0 aromatic rings. The van der Waals surface area contributed by atoms with E-state index in [-0.39, 0.29) is 10.7 Å². The highest BCUT2D eigenvalue weighted by Crippen LogP contribution is 2.52. The molecule has 2 aliphatic carbocycles. The summed E-state index contributed by atoms with van der Waals surface area (Å²) >= 11 is 1.94. The van der Waals surface area contributed by atoms with E-state index < -0.39 is 0 Å². The number of nitrogens with one attached hydrogen (secondary N) is 1. The van der Waals surface area contributed by atoms with Gasteiger partial charge in [-0.1, -0.05) is 63.2 Å². The van der Waals surface area contributed by atoms with Crippen molar-refractivity contribution >= 4 is 23.4 Å². The number of carbonyl (C=O) groups excluding carboxylic acids is 1. The summed E-state index contributed by atoms with van der Waals surface area (Å²) in [5.74, 6) is 1.78. The van der Waals surface area contributed by atoms with Crippen LogP contribution in [0.3, 0.4) is 0 Å². The summed E-state index contributed by atoms with van der Waals surface area (Å²) < 4.78 is -0.0364. The van der Waals surface area contributed by atoms with Crippen LogP contribution in [0, 0.1) is 11.8 Å². The zero-order valence-corrected chi connectivity index (χ0v) is 16.6. The first-order valence-corrected chi connectivity index (χ1v) is 11.6. The van der Waals surface area contributed by atoms with Crippen molar-refractivity contribution in [2.75, 3.05) is 12.3 Å². The highest BCUT2D eigenvalue weighted by atomic mass is 32.2. The Morgan fingerprint density at radius 2 is 1.77 bits per heavy atom. The molecule has 26 heavy (non-hydrogen) atoms. The molecule has 4 rings (SSSR count). The van der Waals surface area contributed by atoms with Crippen molar-refractivity contribution in [2.45, 2.75) is 75.0 Å². The number of carbonyl (C=O) groups is 1. The van der Waals surface area contributed by atoms with Gasteiger partial charge >= 0.3 is 0 Å². The van der Waals surface area contributed by atoms with Crippen LogP contribution in [-0.4, -0.2) is 34.7 Å². The minimum atomic E-state index is -0.0364. The number of aliphatic imine (C=N–C) groups is 1. The first kappa shape index (κ1) is 18.3. The number of hydrogen-bond acceptors (Lipinski definition) is 3. The summed E-state index contributed by atoms with van der Waals surface area (Å²) in [6, 6.07) is 0.390. The Balaban J connectivity index is 1.41. The van der Waals surface area contributed by atoms with Gasteiger partial charge in [-0.05, 0) is 31.3 Å². The first-order valence-electron chi connectivity index (χ1n) is 10.6. The number of thioether (sulfide) groups is 1. The van der Waals surface area contributed by atoms with Gasteiger partial charge in [0.05, 0.1) is 16.4 Å². The van der Waals surface area contributed by atoms with Crippen LogP contribution >= 0.6 is 11.8 Å². The summed E-state index contributed by atoms with van der Waals surface area (Å²) in [6.07, 6.45) is 21.4. The molecule has 3 unspecified atom stereocenters. The second kappa shape index (κ2) is 8.33. The maximum absolute atomic E-state index is 13.2. The van der Waals surface area contributed by atoms with Gasteiger partial charge in [-0.25, -0.2) is 0 Å². The van der Waals surface area contributed by atoms with Gasteiger partial charge in [0.25, 0.3) is 0 Å². The molecule has 2 aliphatic heterocycles. The molecule has 1 N–H and O–H groups in total. The van der Waals surface area contributed by atoms with Crippen molar-refractivity contribution in [1.82, 2.24) is 5.32 Å². The van der Waals surface area contributed by atoms with Crippen LogP contribution in [0.1, 0.15) is 64.2 Å². The van der Waals surface area contributed by atoms with Crippen molar-refractivity contribution in [3.05, 3.63) is 24.3 Å². The van der Waals surface area contributed by atoms with E-state index in [1.807, 2.05) is 11.8 Å². The fourth-order valence-corrected chi connectivity index (χ4v) is 6.97. The fourth-order valence-electron chi connectivity index (χ4n) is 5.18. The smallest absolute Gasteiger partial charge is 0.224 e. The Hall–Kier alpha value is -1.03. The molecular weight excluding hydrogens is 340 g/mol. The van der Waals surface area contributed by atoms with Gasteiger partial charge in [0.15, 0.2) is 0 Å². The summed E-state index contributed by atoms with van der Waals surface area (Å²) in [4.78, 5) is 17.9. The molecule has 2 fully saturated rings. The van der Waals surface area contributed by atoms with E-state index in [1.54, 1.807) is 0 Å². The average Bonchev–Trinajstić information content (AvgIpc) is 3.05. The molecule has 1 saturated carbocycles. The van der Waals surface area contributed by atoms with Gasteiger partial charge in [-0.15, -0.1) is 11.8 Å². The van der Waals surface area contributed by atoms with Crippen molar-refractivity contribution in [1.29, 1.82) is 0 Å². The van der Waals surface area contributed by atoms with Crippen LogP contribution in [0.4, 0.5) is 0 Å². The minimum Gasteiger partial charge on any atom is -0.353 e. The van der Waals surface area contributed by atoms with Crippen LogP contribution in [0.25, 0.3) is 0 Å². The summed E-state index contributed by atoms with van der Waals surface area (Å²) in [6.45, 7) is 0.869. The quantitative estimate of drug-likeness (QED) is 0.764. The minimum absolute atomic E-state index is 0.0364. The molecule has 1 amide bonds. The highest BCUT2D eigenvalue weighted by molar-refractivity contribution is 8.02. The number of rotatable bonds is 2. The van der Waals surface area contributed by atoms with E-state index in [2.05, 4.69) is 29.6 Å². The number of hydrogen-bond donors (Lipinski definition) is 1. The maximum Gasteiger partial charge on any atom is 0.224 e. The Bertz CT molecular complexity index is 601. The third-order valence-corrected chi connectivity index (χ3v) is 8.31. The predicted molar refractivity (Wildman–Crippen MR) is 111 cm³/mol. The van der Waals surface area contributed by atoms with Gasteiger partial charge in [-0.2, -0.15) is 0 Å². The molecule has 0 aromatic heterocycles. The van der Waals surface area contributed by atoms with Crippen molar-refractivity contribution < 1.29 is 4.79 Å². The molecule has 3 atom stereocenters. The molecule has 4 aliphatic rings. The van der Waals surface area contributed by atoms with Gasteiger partial charge < -0.3 is 5.32 Å². The zero-order chi connectivity index (χ0) is 17.8. The Morgan fingerprint density at radius 1 is 1.04 bits per heavy atom. The van der Waals surface area contributed by atoms with Crippen LogP contribution in [0.5, 0.6) is 0 Å². The lowest BCUT2D eigenvalue weighted by Gasteiger charge is -2.38. The van der Waals surface area contributed by atoms with Gasteiger partial charge in [0.2, 0.25) is 5.91 Å². The van der Waals surface area contributed by atoms with E-state index in [9.17, 15) is 4.79 Å². The standard InChI is InChI=1S/C22H32N2OS/c25-21(24-17-10-6-4-2-1-3-5-7-11-17)18-16-26-22-14-9-8-12-20(22)23-15-13-19(18)22/h8-9,12,14,17-19H,1-7,10-11,13,15-16H2,(H,24,25). The molecule has 0 aromatic carbocycles. The lowest BCUT2D eigenvalue weighted by Crippen LogP contribution is -2.48. The molecule has 4 heteroatoms. The van der Waals surface area contributed by atoms with Crippen molar-refractivity contribution in [2.24, 2.45) is 16.8 Å². The second-order valence-electron chi connectivity index (χ2n) is 8.35. The Labute approximate surface area is 162 Å². The Kier molecular flexibility index (Phi) is 5.87. The molecule has 0 bridgehead atoms. The molecule has 1 saturated heterocycles. The largest absolute Gasteiger partial charge is 0.353 e. The maximum atomic E-state index is 13.2. The fraction of sp³-hybridized carbons (Fsp3) is 0.727. The summed E-state index contributed by atoms with van der Waals surface area (Å²) in [5.41, 5.74) is 1.19. The lowest BCUT2D eigenvalue weighted by atomic mass is 9.74. The number of nitrogens with zero attached hydrogens (tertiary/aromatic N) is 1. The van der Waals surface area contributed by atoms with Crippen LogP contribution < -0.4 is 5.32 Å². The van der Waals surface area contributed by atoms with Crippen LogP contribution in [0.15, 0.2) is 29.3 Å². The summed E-state index contributed by atoms with van der Waals surface area (Å²) in [7, 11) is 0. The lowest BCUT2D eigenvalue weighted by molar-refractivity contribution is -0.126. The SMILES string of the molecule is O=C(NC1CCCCCCCCC1)C1CSC23C=CC=CC2=NCCC13.